The molecule has 0 unspecified atom stereocenters. The maximum atomic E-state index is 13.6. The summed E-state index contributed by atoms with van der Waals surface area (Å²) in [5.74, 6) is -1.64. The average Bonchev–Trinajstić information content (AvgIpc) is 3.73. The van der Waals surface area contributed by atoms with Crippen LogP contribution in [0, 0.1) is 0 Å². The van der Waals surface area contributed by atoms with E-state index < -0.39 is 23.6 Å². The molecule has 0 radical (unpaired) electrons. The minimum absolute atomic E-state index is 0.110. The first-order valence-electron chi connectivity index (χ1n) is 19.7. The van der Waals surface area contributed by atoms with Crippen LogP contribution in [0.4, 0.5) is 11.9 Å². The van der Waals surface area contributed by atoms with Gasteiger partial charge in [0.25, 0.3) is 11.8 Å². The number of nitrogens with one attached hydrogen (secondary N) is 3. The molecule has 318 valence electrons. The number of fused-ring (bicyclic) bond motifs is 2. The lowest BCUT2D eigenvalue weighted by Crippen LogP contribution is -2.43. The number of anilines is 2. The molecule has 1 saturated heterocycles. The second-order valence-corrected chi connectivity index (χ2v) is 14.0. The summed E-state index contributed by atoms with van der Waals surface area (Å²) in [6.45, 7) is 12.9. The molecular weight excluding hydrogens is 769 g/mol. The maximum Gasteiger partial charge on any atom is 0.276 e. The summed E-state index contributed by atoms with van der Waals surface area (Å²) in [6.07, 6.45) is 7.37. The van der Waals surface area contributed by atoms with Gasteiger partial charge in [-0.25, -0.2) is 9.97 Å². The number of benzene rings is 2. The van der Waals surface area contributed by atoms with Crippen LogP contribution < -0.4 is 43.6 Å². The summed E-state index contributed by atoms with van der Waals surface area (Å²) in [6, 6.07) is 7.96. The van der Waals surface area contributed by atoms with Crippen LogP contribution in [0.5, 0.6) is 5.75 Å². The number of nitrogens with zero attached hydrogens (tertiary/aromatic N) is 7. The number of ether oxygens (including phenoxy) is 1. The lowest BCUT2D eigenvalue weighted by Gasteiger charge is -2.27. The highest BCUT2D eigenvalue weighted by atomic mass is 16.5. The highest BCUT2D eigenvalue weighted by Gasteiger charge is 2.22. The van der Waals surface area contributed by atoms with E-state index in [2.05, 4.69) is 35.8 Å². The number of carbonyl (C=O) groups is 4. The number of aromatic nitrogens is 4. The monoisotopic (exact) mass is 822 g/mol. The van der Waals surface area contributed by atoms with E-state index in [1.165, 1.54) is 12.2 Å². The van der Waals surface area contributed by atoms with Crippen LogP contribution in [-0.4, -0.2) is 111 Å². The van der Waals surface area contributed by atoms with Crippen molar-refractivity contribution >= 4 is 69.0 Å². The van der Waals surface area contributed by atoms with Crippen molar-refractivity contribution in [1.82, 2.24) is 29.3 Å². The molecule has 19 heteroatoms. The molecule has 0 aliphatic carbocycles. The Morgan fingerprint density at radius 2 is 1.33 bits per heavy atom. The van der Waals surface area contributed by atoms with Gasteiger partial charge in [-0.05, 0) is 76.6 Å². The lowest BCUT2D eigenvalue weighted by molar-refractivity contribution is -0.111. The maximum absolute atomic E-state index is 13.6. The number of piperazine rings is 1. The normalized spacial score (nSPS) is 14.6. The van der Waals surface area contributed by atoms with Crippen molar-refractivity contribution in [2.45, 2.75) is 47.2 Å². The first-order chi connectivity index (χ1) is 28.8. The van der Waals surface area contributed by atoms with E-state index in [0.717, 1.165) is 39.1 Å². The summed E-state index contributed by atoms with van der Waals surface area (Å²) >= 11 is 0. The molecule has 1 aliphatic heterocycles. The third kappa shape index (κ3) is 11.4. The Morgan fingerprint density at radius 3 is 1.90 bits per heavy atom. The molecule has 2 aromatic carbocycles. The average molecular weight is 823 g/mol. The Morgan fingerprint density at radius 1 is 0.783 bits per heavy atom. The Hall–Kier alpha value is -6.86. The van der Waals surface area contributed by atoms with Crippen LogP contribution in [0.3, 0.4) is 0 Å². The number of allylic oxidation sites excluding steroid dienone is 4. The highest BCUT2D eigenvalue weighted by Crippen LogP contribution is 2.31. The summed E-state index contributed by atoms with van der Waals surface area (Å²) in [4.78, 5) is 71.8. The Labute approximate surface area is 347 Å². The number of amides is 4. The van der Waals surface area contributed by atoms with Gasteiger partial charge in [-0.15, -0.1) is 0 Å². The molecule has 0 spiro atoms. The van der Waals surface area contributed by atoms with Gasteiger partial charge in [-0.1, -0.05) is 12.2 Å². The Kier molecular flexibility index (Phi) is 15.3. The lowest BCUT2D eigenvalue weighted by atomic mass is 10.1. The van der Waals surface area contributed by atoms with Crippen molar-refractivity contribution in [3.63, 3.8) is 0 Å². The van der Waals surface area contributed by atoms with E-state index >= 15 is 0 Å². The molecule has 4 aromatic rings. The molecule has 4 amide bonds. The van der Waals surface area contributed by atoms with Gasteiger partial charge in [0.2, 0.25) is 23.7 Å². The van der Waals surface area contributed by atoms with E-state index in [1.807, 2.05) is 12.2 Å². The third-order valence-corrected chi connectivity index (χ3v) is 9.25. The van der Waals surface area contributed by atoms with E-state index in [1.54, 1.807) is 67.2 Å². The zero-order valence-electron chi connectivity index (χ0n) is 34.5. The molecule has 1 aliphatic rings. The topological polar surface area (TPSA) is 281 Å². The van der Waals surface area contributed by atoms with Gasteiger partial charge >= 0.3 is 0 Å². The fraction of sp³-hybridized carbons (Fsp3) is 0.366. The summed E-state index contributed by atoms with van der Waals surface area (Å²) in [5.41, 5.74) is 26.5. The zero-order valence-corrected chi connectivity index (χ0v) is 34.5. The third-order valence-electron chi connectivity index (χ3n) is 9.25. The van der Waals surface area contributed by atoms with Crippen LogP contribution in [-0.2, 0) is 22.7 Å². The predicted octanol–water partition coefficient (Wildman–Crippen LogP) is 2.04. The minimum atomic E-state index is -0.663. The number of hydrogen-bond donors (Lipinski definition) is 7. The summed E-state index contributed by atoms with van der Waals surface area (Å²) < 4.78 is 9.86. The largest absolute Gasteiger partial charge is 0.491 e. The van der Waals surface area contributed by atoms with Gasteiger partial charge in [-0.3, -0.25) is 39.8 Å². The van der Waals surface area contributed by atoms with Gasteiger partial charge in [-0.2, -0.15) is 0 Å². The molecule has 2 aromatic heterocycles. The second kappa shape index (κ2) is 20.7. The fourth-order valence-electron chi connectivity index (χ4n) is 6.55. The summed E-state index contributed by atoms with van der Waals surface area (Å²) in [7, 11) is 0. The zero-order chi connectivity index (χ0) is 43.3. The van der Waals surface area contributed by atoms with Crippen LogP contribution in [0.15, 0.2) is 76.0 Å². The van der Waals surface area contributed by atoms with Crippen LogP contribution >= 0.6 is 0 Å². The molecule has 60 heavy (non-hydrogen) atoms. The van der Waals surface area contributed by atoms with Crippen LogP contribution in [0.25, 0.3) is 22.1 Å². The van der Waals surface area contributed by atoms with Gasteiger partial charge < -0.3 is 47.0 Å². The second-order valence-electron chi connectivity index (χ2n) is 14.0. The van der Waals surface area contributed by atoms with Crippen LogP contribution in [0.1, 0.15) is 54.8 Å². The van der Waals surface area contributed by atoms with Crippen molar-refractivity contribution in [2.24, 2.45) is 32.9 Å². The number of imidazole rings is 2. The van der Waals surface area contributed by atoms with Crippen molar-refractivity contribution in [2.75, 3.05) is 63.1 Å². The number of rotatable bonds is 19. The van der Waals surface area contributed by atoms with Crippen LogP contribution in [0.2, 0.25) is 0 Å². The van der Waals surface area contributed by atoms with E-state index in [4.69, 9.17) is 32.7 Å². The van der Waals surface area contributed by atoms with Gasteiger partial charge in [0.15, 0.2) is 0 Å². The molecule has 19 nitrogen and oxygen atoms in total. The molecule has 0 saturated carbocycles. The quantitative estimate of drug-likeness (QED) is 0.0408. The van der Waals surface area contributed by atoms with E-state index in [0.29, 0.717) is 58.9 Å². The minimum Gasteiger partial charge on any atom is -0.491 e. The number of primary amides is 2. The molecular formula is C41H54N14O5. The molecule has 3 heterocycles. The number of carbonyl (C=O) groups excluding carboxylic acids is 4. The van der Waals surface area contributed by atoms with Gasteiger partial charge in [0.1, 0.15) is 22.7 Å². The van der Waals surface area contributed by atoms with Crippen molar-refractivity contribution in [3.05, 3.63) is 77.2 Å². The predicted molar refractivity (Wildman–Crippen MR) is 234 cm³/mol. The molecule has 11 N–H and O–H groups in total. The van der Waals surface area contributed by atoms with Crippen molar-refractivity contribution < 1.29 is 23.9 Å². The highest BCUT2D eigenvalue weighted by molar-refractivity contribution is 6.47. The van der Waals surface area contributed by atoms with E-state index in [9.17, 15) is 19.2 Å². The smallest absolute Gasteiger partial charge is 0.276 e. The number of hydrogen-bond acceptors (Lipinski definition) is 13. The molecule has 5 rings (SSSR count). The van der Waals surface area contributed by atoms with Gasteiger partial charge in [0, 0.05) is 81.4 Å². The van der Waals surface area contributed by atoms with Gasteiger partial charge in [0.05, 0.1) is 23.2 Å². The van der Waals surface area contributed by atoms with Crippen molar-refractivity contribution in [3.8, 4) is 5.75 Å². The fourth-order valence-corrected chi connectivity index (χ4v) is 6.55. The first kappa shape index (κ1) is 44.2. The van der Waals surface area contributed by atoms with Crippen molar-refractivity contribution in [1.29, 1.82) is 0 Å². The summed E-state index contributed by atoms with van der Waals surface area (Å²) in [5, 5.41) is 9.06. The molecule has 1 fully saturated rings. The SMILES string of the molecule is CCN=C(/C=C(/C)N)C(=O)Nc1nc2cc(C(N)=O)ccc2n1C/C=C/Cn1c(NC(=O)C(/C=C(/C)N)=NCC)nc2cc(C(N)=O)cc(OCCCN3CCNCC3)c21. The molecule has 0 atom stereocenters. The first-order valence-corrected chi connectivity index (χ1v) is 19.7. The number of aliphatic imine (C=N–C) groups is 2. The Bertz CT molecular complexity index is 2390. The van der Waals surface area contributed by atoms with E-state index in [-0.39, 0.29) is 47.5 Å². The number of nitrogens with two attached hydrogens (primary N) is 4. The molecule has 0 bridgehead atoms. The Balaban J connectivity index is 1.53. The standard InChI is InChI=1S/C41H54N14O5/c1-5-47-31(20-25(3)42)38(58)51-40-49-29-22-27(36(44)56)10-11-33(29)54(40)15-7-8-16-55-35-30(50-41(55)52-39(59)32(48-6-2)21-26(4)43)23-28(37(45)57)24-34(35)60-19-9-14-53-17-12-46-13-18-53/h7-8,10-11,20-24,46H,5-6,9,12-19,42-43H2,1-4H3,(H2,44,56)(H2,45,57)(H,49,51,58)(H,50,52,59)/b8-7+,25-20-,26-21-,47-31?,48-32?.